The maximum absolute atomic E-state index is 15.0. The maximum atomic E-state index is 15.0. The van der Waals surface area contributed by atoms with Crippen LogP contribution in [0.25, 0.3) is 0 Å². The molecule has 123 heavy (non-hydrogen) atoms. The number of ether oxygens (including phenoxy) is 1. The third kappa shape index (κ3) is 15.5. The molecule has 16 fully saturated rings. The smallest absolute Gasteiger partial charge is 0.429 e. The molecule has 666 valence electrons. The molecule has 0 aliphatic carbocycles. The van der Waals surface area contributed by atoms with Gasteiger partial charge in [-0.1, -0.05) is 30.3 Å². The van der Waals surface area contributed by atoms with Gasteiger partial charge in [-0.3, -0.25) is 33.6 Å². The van der Waals surface area contributed by atoms with Gasteiger partial charge in [-0.2, -0.15) is 0 Å². The van der Waals surface area contributed by atoms with Gasteiger partial charge in [0.15, 0.2) is 0 Å². The third-order valence-corrected chi connectivity index (χ3v) is 27.5. The summed E-state index contributed by atoms with van der Waals surface area (Å²) in [5, 5.41) is 31.1. The van der Waals surface area contributed by atoms with Gasteiger partial charge in [0.25, 0.3) is 41.4 Å². The first-order chi connectivity index (χ1) is 59.6. The molecule has 43 heteroatoms. The lowest BCUT2D eigenvalue weighted by atomic mass is 10.2. The number of urea groups is 8. The highest BCUT2D eigenvalue weighted by Crippen LogP contribution is 2.37. The number of carboxylic acids is 1. The van der Waals surface area contributed by atoms with E-state index in [4.69, 9.17) is 4.74 Å². The second-order valence-corrected chi connectivity index (χ2v) is 34.6. The summed E-state index contributed by atoms with van der Waals surface area (Å²) in [5.74, 6) is -4.51. The van der Waals surface area contributed by atoms with Crippen molar-refractivity contribution in [3.8, 4) is 0 Å². The fraction of sp³-hybridized carbons (Fsp3) is 0.713. The number of nitrogens with zero attached hydrogens (tertiary/aromatic N) is 24. The molecule has 0 bridgehead atoms. The lowest BCUT2D eigenvalue weighted by Gasteiger charge is -2.40. The van der Waals surface area contributed by atoms with Crippen LogP contribution < -0.4 is 0 Å². The van der Waals surface area contributed by atoms with E-state index >= 15 is 14.4 Å². The van der Waals surface area contributed by atoms with Crippen LogP contribution in [0.1, 0.15) is 160 Å². The number of hydrogen-bond donors (Lipinski definition) is 1. The number of carbonyl (C=O) groups excluding carboxylic acids is 16. The van der Waals surface area contributed by atoms with Crippen molar-refractivity contribution < 1.29 is 91.4 Å². The molecule has 0 aromatic heterocycles. The fourth-order valence-corrected chi connectivity index (χ4v) is 21.5. The van der Waals surface area contributed by atoms with E-state index in [1.807, 2.05) is 30.3 Å². The monoisotopic (exact) mass is 1710 g/mol. The van der Waals surface area contributed by atoms with Crippen molar-refractivity contribution in [2.75, 3.05) is 157 Å². The van der Waals surface area contributed by atoms with Gasteiger partial charge in [-0.15, -0.1) is 0 Å². The molecular weight excluding hydrogens is 1600 g/mol. The van der Waals surface area contributed by atoms with Gasteiger partial charge in [0.05, 0.1) is 0 Å². The van der Waals surface area contributed by atoms with E-state index in [0.29, 0.717) is 122 Å². The molecule has 1 aromatic rings. The standard InChI is InChI=1S/C80H112N24O19/c105-64(89-38-12-45-96(89)73(115)82-31-5-23-57(82)65(106)91-40-14-47-98(91)75(117)84-33-7-25-59(84)67(108)93-42-16-49-100(93)77(119)86-35-9-27-61(86)69(110)95-44-18-51-102(95)79(121)88-37-11-29-63(88)71(112)113)56-22-4-30-81(56)72(114)97-46-13-39-90(97)66(107)58-24-6-32-83(58)74(116)99-48-15-41-92(99)68(109)60-26-8-34-85(60)76(118)101-50-17-43-94(101)70(111)62-28-10-36-87(62)78(120)103-52-19-53-104(103)80(122)123-54-55-20-2-1-3-21-55/h1-3,20-21,56-63H,4-19,22-54H2,(H,112,113)/t56-,57-,58-,59-,60-,61-,62-,63-/m0/s1. The van der Waals surface area contributed by atoms with Gasteiger partial charge in [0.2, 0.25) is 0 Å². The molecule has 0 saturated carbocycles. The molecule has 16 saturated heterocycles. The molecule has 17 rings (SSSR count). The molecule has 8 atom stereocenters. The number of benzene rings is 1. The first-order valence-corrected chi connectivity index (χ1v) is 44.6. The Balaban J connectivity index is 0.490. The van der Waals surface area contributed by atoms with Crippen LogP contribution in [0.3, 0.4) is 0 Å². The SMILES string of the molecule is O=C(O)[C@@H]1CCCN1C(=O)N1CCCN1C(=O)[C@@H]1CCCN1C(=O)N1CCCN1C(=O)[C@@H]1CCCN1C(=O)N1CCCN1C(=O)[C@@H]1CCCN1C(=O)N1CCCN1C(=O)[C@@H]1CCCN1C(=O)N1CCCN1C(=O)[C@@H]1CCCN1C(=O)N1CCCN1C(=O)[C@@H]1CCCN1C(=O)N1CCCN1C(=O)[C@@H]1CCCN1C(=O)N1CCCN1C(=O)OCc1ccccc1. The van der Waals surface area contributed by atoms with Crippen molar-refractivity contribution in [1.29, 1.82) is 0 Å². The Kier molecular flexibility index (Phi) is 24.0. The van der Waals surface area contributed by atoms with Crippen LogP contribution in [0, 0.1) is 0 Å². The number of aliphatic carboxylic acids is 1. The van der Waals surface area contributed by atoms with Crippen LogP contribution in [0.2, 0.25) is 0 Å². The molecule has 43 nitrogen and oxygen atoms in total. The van der Waals surface area contributed by atoms with Crippen molar-refractivity contribution in [2.24, 2.45) is 0 Å². The zero-order valence-electron chi connectivity index (χ0n) is 69.7. The second-order valence-electron chi connectivity index (χ2n) is 34.6. The summed E-state index contributed by atoms with van der Waals surface area (Å²) in [6, 6.07) is -3.29. The lowest BCUT2D eigenvalue weighted by Crippen LogP contribution is -2.62. The molecule has 0 unspecified atom stereocenters. The Morgan fingerprint density at radius 2 is 0.390 bits per heavy atom. The quantitative estimate of drug-likeness (QED) is 0.351. The highest BCUT2D eigenvalue weighted by molar-refractivity contribution is 5.98. The topological polar surface area (TPSA) is 397 Å². The molecule has 1 N–H and O–H groups in total. The van der Waals surface area contributed by atoms with Gasteiger partial charge in [0, 0.05) is 157 Å². The number of amides is 24. The van der Waals surface area contributed by atoms with Crippen molar-refractivity contribution in [3.63, 3.8) is 0 Å². The highest BCUT2D eigenvalue weighted by Gasteiger charge is 2.56. The summed E-state index contributed by atoms with van der Waals surface area (Å²) in [7, 11) is 0. The van der Waals surface area contributed by atoms with E-state index in [0.717, 1.165) is 5.56 Å². The summed E-state index contributed by atoms with van der Waals surface area (Å²) in [5.41, 5.74) is 0.786. The van der Waals surface area contributed by atoms with Gasteiger partial charge < -0.3 is 49.0 Å². The van der Waals surface area contributed by atoms with Crippen molar-refractivity contribution in [3.05, 3.63) is 35.9 Å². The normalized spacial score (nSPS) is 26.8. The Hall–Kier alpha value is -11.6. The van der Waals surface area contributed by atoms with Crippen molar-refractivity contribution in [1.82, 2.24) is 119 Å². The third-order valence-electron chi connectivity index (χ3n) is 27.5. The molecule has 16 heterocycles. The molecular formula is C80H112N24O19. The molecule has 16 aliphatic heterocycles. The highest BCUT2D eigenvalue weighted by atomic mass is 16.6. The average Bonchev–Trinajstić information content (AvgIpc) is 1.65. The number of rotatable bonds is 10. The van der Waals surface area contributed by atoms with E-state index in [9.17, 15) is 72.2 Å². The Bertz CT molecular complexity index is 4280. The van der Waals surface area contributed by atoms with Crippen LogP contribution in [0.15, 0.2) is 30.3 Å². The van der Waals surface area contributed by atoms with E-state index in [-0.39, 0.29) is 196 Å². The van der Waals surface area contributed by atoms with Crippen molar-refractivity contribution in [2.45, 2.75) is 209 Å². The van der Waals surface area contributed by atoms with Crippen LogP contribution in [-0.4, -0.2) is 432 Å². The number of carboxylic acid groups (broad SMARTS) is 1. The van der Waals surface area contributed by atoms with Gasteiger partial charge in [-0.05, 0) is 160 Å². The van der Waals surface area contributed by atoms with Crippen LogP contribution in [-0.2, 0) is 49.7 Å². The average molecular weight is 1710 g/mol. The van der Waals surface area contributed by atoms with Gasteiger partial charge in [-0.25, -0.2) is 128 Å². The van der Waals surface area contributed by atoms with Crippen LogP contribution in [0.5, 0.6) is 0 Å². The summed E-state index contributed by atoms with van der Waals surface area (Å²) in [6.45, 7) is 4.41. The fourth-order valence-electron chi connectivity index (χ4n) is 21.5. The van der Waals surface area contributed by atoms with Crippen molar-refractivity contribution >= 4 is 102 Å². The van der Waals surface area contributed by atoms with E-state index in [1.54, 1.807) is 0 Å². The second kappa shape index (κ2) is 35.3. The minimum Gasteiger partial charge on any atom is -0.480 e. The van der Waals surface area contributed by atoms with E-state index in [2.05, 4.69) is 0 Å². The number of likely N-dealkylation sites (tertiary alicyclic amines) is 8. The van der Waals surface area contributed by atoms with E-state index < -0.39 is 150 Å². The number of hydrogen-bond acceptors (Lipinski definition) is 18. The summed E-state index contributed by atoms with van der Waals surface area (Å²) in [4.78, 5) is 258. The predicted octanol–water partition coefficient (Wildman–Crippen LogP) is 2.15. The Labute approximate surface area is 711 Å². The molecule has 1 aromatic carbocycles. The maximum Gasteiger partial charge on any atom is 0.429 e. The number of carbonyl (C=O) groups is 17. The van der Waals surface area contributed by atoms with Crippen LogP contribution >= 0.6 is 0 Å². The van der Waals surface area contributed by atoms with Gasteiger partial charge >= 0.3 is 60.3 Å². The zero-order chi connectivity index (χ0) is 85.8. The molecule has 24 amide bonds. The lowest BCUT2D eigenvalue weighted by molar-refractivity contribution is -0.149. The molecule has 0 spiro atoms. The predicted molar refractivity (Wildman–Crippen MR) is 425 cm³/mol. The largest absolute Gasteiger partial charge is 0.480 e. The summed E-state index contributed by atoms with van der Waals surface area (Å²) in [6.07, 6.45) is 8.87. The summed E-state index contributed by atoms with van der Waals surface area (Å²) < 4.78 is 5.57. The Morgan fingerprint density at radius 1 is 0.220 bits per heavy atom. The first-order valence-electron chi connectivity index (χ1n) is 44.6. The van der Waals surface area contributed by atoms with Gasteiger partial charge in [0.1, 0.15) is 54.9 Å². The van der Waals surface area contributed by atoms with E-state index in [1.165, 1.54) is 119 Å². The molecule has 16 aliphatic rings. The molecule has 0 radical (unpaired) electrons. The number of hydrazine groups is 8. The Morgan fingerprint density at radius 3 is 0.593 bits per heavy atom. The summed E-state index contributed by atoms with van der Waals surface area (Å²) >= 11 is 0. The first kappa shape index (κ1) is 83.7. The minimum atomic E-state index is -1.12. The van der Waals surface area contributed by atoms with Crippen LogP contribution in [0.4, 0.5) is 43.2 Å². The minimum absolute atomic E-state index is 0.0170. The zero-order valence-corrected chi connectivity index (χ0v) is 69.7.